The molecule has 0 aromatic heterocycles. The molecule has 0 aliphatic carbocycles. The van der Waals surface area contributed by atoms with Crippen LogP contribution in [0, 0.1) is 11.8 Å². The summed E-state index contributed by atoms with van der Waals surface area (Å²) in [6.07, 6.45) is 6.55. The smallest absolute Gasteiger partial charge is 0.313 e. The summed E-state index contributed by atoms with van der Waals surface area (Å²) < 4.78 is 18.4. The van der Waals surface area contributed by atoms with E-state index in [9.17, 15) is 24.3 Å². The van der Waals surface area contributed by atoms with Crippen molar-refractivity contribution in [2.75, 3.05) is 33.4 Å². The number of nitrogens with zero attached hydrogens (tertiary/aromatic N) is 2. The minimum absolute atomic E-state index is 0.0692. The first-order valence-corrected chi connectivity index (χ1v) is 17.4. The van der Waals surface area contributed by atoms with Gasteiger partial charge in [-0.15, -0.1) is 13.2 Å². The van der Waals surface area contributed by atoms with E-state index in [0.29, 0.717) is 44.3 Å². The summed E-state index contributed by atoms with van der Waals surface area (Å²) in [7, 11) is 1.51. The van der Waals surface area contributed by atoms with Crippen LogP contribution in [0.15, 0.2) is 55.6 Å². The summed E-state index contributed by atoms with van der Waals surface area (Å²) in [4.78, 5) is 59.4. The van der Waals surface area contributed by atoms with Crippen LogP contribution in [-0.4, -0.2) is 102 Å². The number of allylic oxidation sites excluding steroid dienone is 1. The van der Waals surface area contributed by atoms with Crippen molar-refractivity contribution < 1.29 is 38.5 Å². The first-order valence-electron chi connectivity index (χ1n) is 17.4. The molecule has 3 amide bonds. The number of esters is 1. The lowest BCUT2D eigenvalue weighted by Crippen LogP contribution is -2.58. The Balaban J connectivity index is 1.69. The largest absolute Gasteiger partial charge is 0.455 e. The standard InChI is InChI=1S/C37H53N3O8/c1-6-10-15-22-39(21-8-3)35(44)33-37-20-19-28(48-37)30(31(37)34(43)40(33)26(9-4)23-41)36(45)47-32(25-16-13-12-14-17-25)27(24-46-5)38-29(42)18-11-7-2/h7-8,12-14,16-17,26-28,30-33,41H,2-3,6,9-11,15,18-24H2,1,4-5H3,(H,38,42)/t26-,27-,28+,30-,31-,32-,33+,37-/m0/s1. The van der Waals surface area contributed by atoms with Crippen molar-refractivity contribution in [3.8, 4) is 0 Å². The number of carbonyl (C=O) groups excluding carboxylic acids is 4. The van der Waals surface area contributed by atoms with Gasteiger partial charge in [0.15, 0.2) is 0 Å². The SMILES string of the molecule is C=CCCC(=O)N[C@@H](COC)[C@@H](OC(=O)[C@@H]1[C@H]2C(=O)N([C@@H](CC)CO)[C@H](C(=O)N(CC=C)CCCCC)[C@]23CC[C@H]1O3)c1ccccc1. The van der Waals surface area contributed by atoms with Gasteiger partial charge in [-0.3, -0.25) is 19.2 Å². The van der Waals surface area contributed by atoms with Crippen LogP contribution in [0.1, 0.15) is 76.9 Å². The number of likely N-dealkylation sites (tertiary alicyclic amines) is 1. The van der Waals surface area contributed by atoms with Gasteiger partial charge < -0.3 is 34.4 Å². The predicted molar refractivity (Wildman–Crippen MR) is 180 cm³/mol. The minimum atomic E-state index is -1.23. The third-order valence-corrected chi connectivity index (χ3v) is 10.0. The average Bonchev–Trinajstić information content (AvgIpc) is 3.74. The highest BCUT2D eigenvalue weighted by molar-refractivity contribution is 5.98. The van der Waals surface area contributed by atoms with Crippen molar-refractivity contribution in [2.24, 2.45) is 11.8 Å². The molecular formula is C37H53N3O8. The Hall–Kier alpha value is -3.54. The van der Waals surface area contributed by atoms with Crippen LogP contribution in [0.4, 0.5) is 0 Å². The Morgan fingerprint density at radius 2 is 1.94 bits per heavy atom. The number of hydrogen-bond donors (Lipinski definition) is 2. The predicted octanol–water partition coefficient (Wildman–Crippen LogP) is 3.72. The van der Waals surface area contributed by atoms with Gasteiger partial charge in [0, 0.05) is 26.6 Å². The molecule has 3 saturated heterocycles. The lowest BCUT2D eigenvalue weighted by molar-refractivity contribution is -0.163. The molecular weight excluding hydrogens is 614 g/mol. The lowest BCUT2D eigenvalue weighted by atomic mass is 9.70. The normalized spacial score (nSPS) is 26.0. The maximum Gasteiger partial charge on any atom is 0.313 e. The fourth-order valence-electron chi connectivity index (χ4n) is 7.74. The number of carbonyl (C=O) groups is 4. The highest BCUT2D eigenvalue weighted by Gasteiger charge is 2.75. The van der Waals surface area contributed by atoms with E-state index in [-0.39, 0.29) is 37.4 Å². The number of rotatable bonds is 20. The Morgan fingerprint density at radius 1 is 1.19 bits per heavy atom. The minimum Gasteiger partial charge on any atom is -0.455 e. The maximum atomic E-state index is 14.5. The second-order valence-corrected chi connectivity index (χ2v) is 13.1. The molecule has 1 spiro atoms. The van der Waals surface area contributed by atoms with Crippen molar-refractivity contribution in [2.45, 2.75) is 101 Å². The molecule has 0 radical (unpaired) electrons. The summed E-state index contributed by atoms with van der Waals surface area (Å²) in [5.41, 5.74) is -0.579. The zero-order valence-electron chi connectivity index (χ0n) is 28.7. The Labute approximate surface area is 284 Å². The zero-order valence-corrected chi connectivity index (χ0v) is 28.7. The van der Waals surface area contributed by atoms with E-state index < -0.39 is 53.7 Å². The van der Waals surface area contributed by atoms with E-state index in [4.69, 9.17) is 14.2 Å². The first kappa shape index (κ1) is 37.3. The Morgan fingerprint density at radius 3 is 2.56 bits per heavy atom. The van der Waals surface area contributed by atoms with Gasteiger partial charge in [0.2, 0.25) is 17.7 Å². The van der Waals surface area contributed by atoms with Crippen LogP contribution in [0.3, 0.4) is 0 Å². The van der Waals surface area contributed by atoms with Crippen LogP contribution < -0.4 is 5.32 Å². The van der Waals surface area contributed by atoms with Crippen molar-refractivity contribution in [3.05, 3.63) is 61.2 Å². The summed E-state index contributed by atoms with van der Waals surface area (Å²) in [5.74, 6) is -3.44. The fraction of sp³-hybridized carbons (Fsp3) is 0.622. The van der Waals surface area contributed by atoms with E-state index in [1.165, 1.54) is 12.0 Å². The molecule has 3 fully saturated rings. The monoisotopic (exact) mass is 667 g/mol. The molecule has 11 nitrogen and oxygen atoms in total. The number of ether oxygens (including phenoxy) is 3. The number of amides is 3. The van der Waals surface area contributed by atoms with E-state index in [2.05, 4.69) is 25.4 Å². The molecule has 11 heteroatoms. The number of unbranched alkanes of at least 4 members (excludes halogenated alkanes) is 2. The van der Waals surface area contributed by atoms with E-state index in [0.717, 1.165) is 19.3 Å². The van der Waals surface area contributed by atoms with Crippen molar-refractivity contribution >= 4 is 23.7 Å². The number of fused-ring (bicyclic) bond motifs is 1. The van der Waals surface area contributed by atoms with Gasteiger partial charge >= 0.3 is 5.97 Å². The number of hydrogen-bond acceptors (Lipinski definition) is 8. The highest BCUT2D eigenvalue weighted by Crippen LogP contribution is 2.59. The third kappa shape index (κ3) is 7.53. The molecule has 2 bridgehead atoms. The summed E-state index contributed by atoms with van der Waals surface area (Å²) in [6, 6.07) is 6.77. The maximum absolute atomic E-state index is 14.5. The first-order chi connectivity index (χ1) is 23.2. The molecule has 0 unspecified atom stereocenters. The van der Waals surface area contributed by atoms with Crippen molar-refractivity contribution in [1.29, 1.82) is 0 Å². The number of methoxy groups -OCH3 is 1. The zero-order chi connectivity index (χ0) is 34.8. The van der Waals surface area contributed by atoms with E-state index in [1.54, 1.807) is 17.1 Å². The van der Waals surface area contributed by atoms with Crippen LogP contribution >= 0.6 is 0 Å². The molecule has 8 atom stereocenters. The van der Waals surface area contributed by atoms with Gasteiger partial charge in [0.05, 0.1) is 43.2 Å². The van der Waals surface area contributed by atoms with Crippen LogP contribution in [0.25, 0.3) is 0 Å². The topological polar surface area (TPSA) is 135 Å². The summed E-state index contributed by atoms with van der Waals surface area (Å²) >= 11 is 0. The molecule has 3 heterocycles. The molecule has 48 heavy (non-hydrogen) atoms. The van der Waals surface area contributed by atoms with Crippen LogP contribution in [-0.2, 0) is 33.4 Å². The summed E-state index contributed by atoms with van der Waals surface area (Å²) in [6.45, 7) is 12.0. The molecule has 3 aliphatic heterocycles. The van der Waals surface area contributed by atoms with Crippen LogP contribution in [0.5, 0.6) is 0 Å². The second kappa shape index (κ2) is 17.2. The number of aliphatic hydroxyl groups excluding tert-OH is 1. The van der Waals surface area contributed by atoms with Gasteiger partial charge in [-0.1, -0.05) is 69.2 Å². The fourth-order valence-corrected chi connectivity index (χ4v) is 7.74. The number of aliphatic hydroxyl groups is 1. The van der Waals surface area contributed by atoms with Gasteiger partial charge in [0.1, 0.15) is 17.7 Å². The Kier molecular flexibility index (Phi) is 13.4. The third-order valence-electron chi connectivity index (χ3n) is 10.0. The number of benzene rings is 1. The van der Waals surface area contributed by atoms with Gasteiger partial charge in [-0.05, 0) is 37.7 Å². The quantitative estimate of drug-likeness (QED) is 0.122. The second-order valence-electron chi connectivity index (χ2n) is 13.1. The van der Waals surface area contributed by atoms with Gasteiger partial charge in [0.25, 0.3) is 0 Å². The van der Waals surface area contributed by atoms with E-state index in [1.807, 2.05) is 37.3 Å². The molecule has 1 aromatic carbocycles. The van der Waals surface area contributed by atoms with E-state index >= 15 is 0 Å². The number of nitrogens with one attached hydrogen (secondary N) is 1. The van der Waals surface area contributed by atoms with Crippen molar-refractivity contribution in [1.82, 2.24) is 15.1 Å². The molecule has 264 valence electrons. The molecule has 3 aliphatic rings. The van der Waals surface area contributed by atoms with Gasteiger partial charge in [-0.2, -0.15) is 0 Å². The Bertz CT molecular complexity index is 1290. The lowest BCUT2D eigenvalue weighted by Gasteiger charge is -2.39. The average molecular weight is 668 g/mol. The molecule has 2 N–H and O–H groups in total. The highest BCUT2D eigenvalue weighted by atomic mass is 16.6. The molecule has 1 aromatic rings. The molecule has 4 rings (SSSR count). The van der Waals surface area contributed by atoms with Gasteiger partial charge in [-0.25, -0.2) is 0 Å². The van der Waals surface area contributed by atoms with Crippen molar-refractivity contribution in [3.63, 3.8) is 0 Å². The van der Waals surface area contributed by atoms with Crippen LogP contribution in [0.2, 0.25) is 0 Å². The molecule has 0 saturated carbocycles. The summed E-state index contributed by atoms with van der Waals surface area (Å²) in [5, 5.41) is 13.3.